The molecule has 0 unspecified atom stereocenters. The molecule has 0 aliphatic carbocycles. The predicted octanol–water partition coefficient (Wildman–Crippen LogP) is 2.11. The van der Waals surface area contributed by atoms with Crippen LogP contribution in [0.5, 0.6) is 0 Å². The van der Waals surface area contributed by atoms with E-state index in [0.29, 0.717) is 0 Å². The molecule has 0 amide bonds. The summed E-state index contributed by atoms with van der Waals surface area (Å²) in [7, 11) is 0. The molecule has 0 radical (unpaired) electrons. The molecule has 56 valence electrons. The van der Waals surface area contributed by atoms with Crippen molar-refractivity contribution in [3.8, 4) is 0 Å². The summed E-state index contributed by atoms with van der Waals surface area (Å²) in [5, 5.41) is 0. The fourth-order valence-corrected chi connectivity index (χ4v) is 0.888. The maximum absolute atomic E-state index is 12.7. The largest absolute Gasteiger partial charge is 0.412 e. The molecule has 1 aromatic carbocycles. The zero-order valence-electron chi connectivity index (χ0n) is 5.34. The Morgan fingerprint density at radius 3 is 2.82 bits per heavy atom. The highest BCUT2D eigenvalue weighted by molar-refractivity contribution is 5.72. The van der Waals surface area contributed by atoms with Gasteiger partial charge in [0, 0.05) is 0 Å². The third-order valence-corrected chi connectivity index (χ3v) is 1.34. The lowest BCUT2D eigenvalue weighted by Gasteiger charge is -1.85. The van der Waals surface area contributed by atoms with Gasteiger partial charge in [0.1, 0.15) is 5.52 Å². The van der Waals surface area contributed by atoms with Gasteiger partial charge in [-0.2, -0.15) is 4.98 Å². The van der Waals surface area contributed by atoms with Crippen LogP contribution < -0.4 is 0 Å². The van der Waals surface area contributed by atoms with Crippen LogP contribution in [0.4, 0.5) is 8.78 Å². The van der Waals surface area contributed by atoms with Crippen molar-refractivity contribution in [3.63, 3.8) is 0 Å². The van der Waals surface area contributed by atoms with Crippen molar-refractivity contribution in [2.24, 2.45) is 0 Å². The molecule has 1 aromatic heterocycles. The Bertz CT molecular complexity index is 396. The summed E-state index contributed by atoms with van der Waals surface area (Å²) in [6.07, 6.45) is -1.01. The first-order chi connectivity index (χ1) is 5.27. The molecular weight excluding hydrogens is 152 g/mol. The fourth-order valence-electron chi connectivity index (χ4n) is 0.888. The highest BCUT2D eigenvalue weighted by Crippen LogP contribution is 2.17. The lowest BCUT2D eigenvalue weighted by Crippen LogP contribution is -1.72. The first-order valence-corrected chi connectivity index (χ1v) is 2.98. The number of hydrogen-bond donors (Lipinski definition) is 0. The van der Waals surface area contributed by atoms with Crippen LogP contribution in [0.1, 0.15) is 0 Å². The number of fused-ring (bicyclic) bond motifs is 1. The molecule has 2 rings (SSSR count). The average molecular weight is 155 g/mol. The molecule has 0 spiro atoms. The van der Waals surface area contributed by atoms with Crippen LogP contribution in [-0.4, -0.2) is 4.98 Å². The molecule has 0 bridgehead atoms. The Labute approximate surface area is 60.5 Å². The van der Waals surface area contributed by atoms with Crippen molar-refractivity contribution in [3.05, 3.63) is 30.2 Å². The van der Waals surface area contributed by atoms with Crippen LogP contribution in [0.3, 0.4) is 0 Å². The van der Waals surface area contributed by atoms with Gasteiger partial charge in [-0.1, -0.05) is 6.07 Å². The SMILES string of the molecule is Fc1nc2cccc(F)c2o1. The van der Waals surface area contributed by atoms with Gasteiger partial charge in [-0.3, -0.25) is 0 Å². The van der Waals surface area contributed by atoms with Gasteiger partial charge in [0.25, 0.3) is 0 Å². The molecular formula is C7H3F2NO. The van der Waals surface area contributed by atoms with Gasteiger partial charge in [0.2, 0.25) is 0 Å². The summed E-state index contributed by atoms with van der Waals surface area (Å²) in [6, 6.07) is 4.11. The highest BCUT2D eigenvalue weighted by atomic mass is 19.1. The molecule has 0 saturated carbocycles. The van der Waals surface area contributed by atoms with Gasteiger partial charge in [0.15, 0.2) is 11.4 Å². The average Bonchev–Trinajstić information content (AvgIpc) is 2.31. The Kier molecular flexibility index (Phi) is 1.15. The number of rotatable bonds is 0. The van der Waals surface area contributed by atoms with E-state index in [0.717, 1.165) is 0 Å². The van der Waals surface area contributed by atoms with Crippen LogP contribution in [0.15, 0.2) is 22.6 Å². The molecule has 2 nitrogen and oxygen atoms in total. The lowest BCUT2D eigenvalue weighted by molar-refractivity contribution is 0.349. The van der Waals surface area contributed by atoms with Crippen molar-refractivity contribution in [1.82, 2.24) is 4.98 Å². The number of benzene rings is 1. The van der Waals surface area contributed by atoms with E-state index in [-0.39, 0.29) is 11.1 Å². The van der Waals surface area contributed by atoms with Crippen molar-refractivity contribution in [2.75, 3.05) is 0 Å². The quantitative estimate of drug-likeness (QED) is 0.582. The van der Waals surface area contributed by atoms with E-state index in [1.54, 1.807) is 0 Å². The smallest absolute Gasteiger partial charge is 0.382 e. The van der Waals surface area contributed by atoms with E-state index in [1.165, 1.54) is 18.2 Å². The van der Waals surface area contributed by atoms with Crippen molar-refractivity contribution in [1.29, 1.82) is 0 Å². The highest BCUT2D eigenvalue weighted by Gasteiger charge is 2.07. The first-order valence-electron chi connectivity index (χ1n) is 2.98. The standard InChI is InChI=1S/C7H3F2NO/c8-4-2-1-3-5-6(4)11-7(9)10-5/h1-3H. The van der Waals surface area contributed by atoms with Crippen molar-refractivity contribution >= 4 is 11.1 Å². The van der Waals surface area contributed by atoms with E-state index in [1.807, 2.05) is 0 Å². The summed E-state index contributed by atoms with van der Waals surface area (Å²) in [6.45, 7) is 0. The van der Waals surface area contributed by atoms with Gasteiger partial charge in [-0.05, 0) is 12.1 Å². The molecule has 0 saturated heterocycles. The van der Waals surface area contributed by atoms with Gasteiger partial charge in [0.05, 0.1) is 0 Å². The minimum absolute atomic E-state index is 0.134. The summed E-state index contributed by atoms with van der Waals surface area (Å²) in [5.74, 6) is -0.598. The third-order valence-electron chi connectivity index (χ3n) is 1.34. The van der Waals surface area contributed by atoms with Crippen LogP contribution in [-0.2, 0) is 0 Å². The van der Waals surface area contributed by atoms with Crippen LogP contribution in [0.25, 0.3) is 11.1 Å². The molecule has 0 aliphatic heterocycles. The first kappa shape index (κ1) is 6.27. The summed E-state index contributed by atoms with van der Waals surface area (Å²) >= 11 is 0. The predicted molar refractivity (Wildman–Crippen MR) is 33.9 cm³/mol. The van der Waals surface area contributed by atoms with Crippen molar-refractivity contribution in [2.45, 2.75) is 0 Å². The molecule has 0 fully saturated rings. The van der Waals surface area contributed by atoms with Crippen LogP contribution in [0.2, 0.25) is 0 Å². The minimum Gasteiger partial charge on any atom is -0.412 e. The van der Waals surface area contributed by atoms with E-state index in [4.69, 9.17) is 0 Å². The second-order valence-electron chi connectivity index (χ2n) is 2.05. The molecule has 4 heteroatoms. The molecule has 11 heavy (non-hydrogen) atoms. The summed E-state index contributed by atoms with van der Waals surface area (Å²) in [4.78, 5) is 3.30. The Balaban J connectivity index is 2.90. The van der Waals surface area contributed by atoms with Gasteiger partial charge < -0.3 is 4.42 Å². The maximum atomic E-state index is 12.7. The second-order valence-corrected chi connectivity index (χ2v) is 2.05. The second kappa shape index (κ2) is 2.02. The molecule has 0 aliphatic rings. The number of para-hydroxylation sites is 1. The number of halogens is 2. The van der Waals surface area contributed by atoms with Crippen molar-refractivity contribution < 1.29 is 13.2 Å². The Morgan fingerprint density at radius 2 is 2.09 bits per heavy atom. The number of oxazole rings is 1. The van der Waals surface area contributed by atoms with Gasteiger partial charge in [-0.25, -0.2) is 4.39 Å². The Morgan fingerprint density at radius 1 is 1.27 bits per heavy atom. The zero-order chi connectivity index (χ0) is 7.84. The number of aromatic nitrogens is 1. The normalized spacial score (nSPS) is 10.7. The van der Waals surface area contributed by atoms with Gasteiger partial charge in [-0.15, -0.1) is 4.39 Å². The van der Waals surface area contributed by atoms with Gasteiger partial charge >= 0.3 is 6.14 Å². The fraction of sp³-hybridized carbons (Fsp3) is 0. The molecule has 0 N–H and O–H groups in total. The zero-order valence-corrected chi connectivity index (χ0v) is 5.34. The lowest BCUT2D eigenvalue weighted by atomic mass is 10.3. The third kappa shape index (κ3) is 0.869. The van der Waals surface area contributed by atoms with E-state index in [2.05, 4.69) is 9.40 Å². The van der Waals surface area contributed by atoms with E-state index < -0.39 is 12.0 Å². The topological polar surface area (TPSA) is 26.0 Å². The van der Waals surface area contributed by atoms with Crippen LogP contribution in [0, 0.1) is 12.0 Å². The number of hydrogen-bond acceptors (Lipinski definition) is 2. The monoisotopic (exact) mass is 155 g/mol. The summed E-state index contributed by atoms with van der Waals surface area (Å²) < 4.78 is 29.3. The maximum Gasteiger partial charge on any atom is 0.382 e. The molecule has 2 aromatic rings. The summed E-state index contributed by atoms with van der Waals surface area (Å²) in [5.41, 5.74) is 0.0625. The van der Waals surface area contributed by atoms with E-state index in [9.17, 15) is 8.78 Å². The number of nitrogens with zero attached hydrogens (tertiary/aromatic N) is 1. The molecule has 0 atom stereocenters. The molecule has 1 heterocycles. The minimum atomic E-state index is -1.01. The Hall–Kier alpha value is -1.45. The van der Waals surface area contributed by atoms with E-state index >= 15 is 0 Å². The van der Waals surface area contributed by atoms with Crippen LogP contribution >= 0.6 is 0 Å².